The zero-order valence-corrected chi connectivity index (χ0v) is 16.6. The number of nitrogens with zero attached hydrogens (tertiary/aromatic N) is 1. The quantitative estimate of drug-likeness (QED) is 0.311. The fourth-order valence-corrected chi connectivity index (χ4v) is 4.83. The molecule has 0 aliphatic heterocycles. The van der Waals surface area contributed by atoms with Gasteiger partial charge in [-0.2, -0.15) is 0 Å². The normalized spacial score (nSPS) is 11.3. The summed E-state index contributed by atoms with van der Waals surface area (Å²) in [5.74, 6) is 0. The summed E-state index contributed by atoms with van der Waals surface area (Å²) in [4.78, 5) is 2.53. The average molecular weight is 380 g/mol. The third-order valence-corrected chi connectivity index (χ3v) is 6.23. The molecule has 0 atom stereocenters. The van der Waals surface area contributed by atoms with Crippen molar-refractivity contribution in [1.82, 2.24) is 4.57 Å². The van der Waals surface area contributed by atoms with Crippen LogP contribution in [0, 0.1) is 0 Å². The van der Waals surface area contributed by atoms with Gasteiger partial charge in [-0.3, -0.25) is 0 Å². The van der Waals surface area contributed by atoms with Crippen molar-refractivity contribution in [3.05, 3.63) is 97.1 Å². The van der Waals surface area contributed by atoms with Crippen LogP contribution in [0.25, 0.3) is 32.9 Å². The number of aromatic nitrogens is 1. The maximum Gasteiger partial charge on any atom is 0.0497 e. The number of aryl methyl sites for hydroxylation is 1. The Hall–Kier alpha value is -2.97. The highest BCUT2D eigenvalue weighted by atomic mass is 32.2. The molecule has 0 radical (unpaired) electrons. The number of para-hydroxylation sites is 1. The van der Waals surface area contributed by atoms with Crippen LogP contribution in [0.4, 0.5) is 0 Å². The first kappa shape index (κ1) is 17.2. The Kier molecular flexibility index (Phi) is 4.42. The van der Waals surface area contributed by atoms with Gasteiger partial charge in [-0.05, 0) is 54.4 Å². The molecular weight excluding hydrogens is 358 g/mol. The second kappa shape index (κ2) is 7.21. The first-order chi connectivity index (χ1) is 13.8. The van der Waals surface area contributed by atoms with E-state index in [2.05, 4.69) is 109 Å². The smallest absolute Gasteiger partial charge is 0.0497 e. The van der Waals surface area contributed by atoms with Gasteiger partial charge >= 0.3 is 0 Å². The number of hydrogen-bond acceptors (Lipinski definition) is 1. The zero-order chi connectivity index (χ0) is 18.9. The van der Waals surface area contributed by atoms with Crippen molar-refractivity contribution in [3.8, 4) is 11.1 Å². The van der Waals surface area contributed by atoms with E-state index in [4.69, 9.17) is 0 Å². The average Bonchev–Trinajstić information content (AvgIpc) is 3.07. The standard InChI is InChI=1S/C26H21NS/c1-2-27-25-14-7-6-13-23(25)24-16-15-20(18-26(24)27)19-9-8-12-22(17-19)28-21-10-4-3-5-11-21/h3-18H,2H2,1H3. The second-order valence-corrected chi connectivity index (χ2v) is 8.08. The predicted molar refractivity (Wildman–Crippen MR) is 121 cm³/mol. The van der Waals surface area contributed by atoms with Crippen LogP contribution in [0.5, 0.6) is 0 Å². The van der Waals surface area contributed by atoms with Crippen molar-refractivity contribution in [1.29, 1.82) is 0 Å². The van der Waals surface area contributed by atoms with Crippen molar-refractivity contribution in [2.75, 3.05) is 0 Å². The molecule has 0 unspecified atom stereocenters. The molecule has 5 aromatic rings. The molecular formula is C26H21NS. The SMILES string of the molecule is CCn1c2ccccc2c2ccc(-c3cccc(Sc4ccccc4)c3)cc21. The highest BCUT2D eigenvalue weighted by molar-refractivity contribution is 7.99. The number of rotatable bonds is 4. The van der Waals surface area contributed by atoms with Crippen molar-refractivity contribution in [3.63, 3.8) is 0 Å². The third kappa shape index (κ3) is 3.00. The van der Waals surface area contributed by atoms with Gasteiger partial charge in [0.05, 0.1) is 0 Å². The molecule has 5 rings (SSSR count). The van der Waals surface area contributed by atoms with Gasteiger partial charge in [0.1, 0.15) is 0 Å². The molecule has 2 heteroatoms. The summed E-state index contributed by atoms with van der Waals surface area (Å²) in [5.41, 5.74) is 5.14. The molecule has 0 aliphatic rings. The molecule has 0 saturated carbocycles. The highest BCUT2D eigenvalue weighted by Gasteiger charge is 2.10. The van der Waals surface area contributed by atoms with Crippen molar-refractivity contribution in [2.45, 2.75) is 23.3 Å². The molecule has 0 saturated heterocycles. The molecule has 0 fully saturated rings. The van der Waals surface area contributed by atoms with Crippen LogP contribution in [0.3, 0.4) is 0 Å². The molecule has 1 nitrogen and oxygen atoms in total. The fourth-order valence-electron chi connectivity index (χ4n) is 3.93. The molecule has 1 aromatic heterocycles. The fraction of sp³-hybridized carbons (Fsp3) is 0.0769. The Morgan fingerprint density at radius 1 is 0.607 bits per heavy atom. The lowest BCUT2D eigenvalue weighted by molar-refractivity contribution is 0.827. The zero-order valence-electron chi connectivity index (χ0n) is 15.8. The van der Waals surface area contributed by atoms with Gasteiger partial charge in [-0.15, -0.1) is 0 Å². The van der Waals surface area contributed by atoms with Crippen LogP contribution < -0.4 is 0 Å². The summed E-state index contributed by atoms with van der Waals surface area (Å²) >= 11 is 1.81. The molecule has 136 valence electrons. The maximum absolute atomic E-state index is 2.41. The van der Waals surface area contributed by atoms with Crippen LogP contribution in [0.15, 0.2) is 107 Å². The topological polar surface area (TPSA) is 4.93 Å². The molecule has 0 spiro atoms. The Balaban J connectivity index is 1.60. The van der Waals surface area contributed by atoms with E-state index in [1.165, 1.54) is 42.7 Å². The molecule has 1 heterocycles. The van der Waals surface area contributed by atoms with Gasteiger partial charge in [0, 0.05) is 38.1 Å². The van der Waals surface area contributed by atoms with Gasteiger partial charge in [0.15, 0.2) is 0 Å². The van der Waals surface area contributed by atoms with Gasteiger partial charge in [0.25, 0.3) is 0 Å². The van der Waals surface area contributed by atoms with Gasteiger partial charge in [0.2, 0.25) is 0 Å². The van der Waals surface area contributed by atoms with Crippen LogP contribution in [-0.2, 0) is 6.54 Å². The first-order valence-corrected chi connectivity index (χ1v) is 10.5. The van der Waals surface area contributed by atoms with E-state index in [9.17, 15) is 0 Å². The van der Waals surface area contributed by atoms with E-state index < -0.39 is 0 Å². The Labute approximate surface area is 169 Å². The van der Waals surface area contributed by atoms with Crippen LogP contribution in [0.2, 0.25) is 0 Å². The minimum Gasteiger partial charge on any atom is -0.341 e. The lowest BCUT2D eigenvalue weighted by Crippen LogP contribution is -1.93. The summed E-state index contributed by atoms with van der Waals surface area (Å²) in [6.45, 7) is 3.19. The molecule has 0 amide bonds. The van der Waals surface area contributed by atoms with E-state index in [0.29, 0.717) is 0 Å². The maximum atomic E-state index is 2.41. The summed E-state index contributed by atoms with van der Waals surface area (Å²) in [6, 6.07) is 34.9. The highest BCUT2D eigenvalue weighted by Crippen LogP contribution is 2.34. The Morgan fingerprint density at radius 3 is 2.18 bits per heavy atom. The monoisotopic (exact) mass is 379 g/mol. The Morgan fingerprint density at radius 2 is 1.32 bits per heavy atom. The van der Waals surface area contributed by atoms with Crippen LogP contribution in [-0.4, -0.2) is 4.57 Å². The predicted octanol–water partition coefficient (Wildman–Crippen LogP) is 7.63. The molecule has 0 aliphatic carbocycles. The summed E-state index contributed by atoms with van der Waals surface area (Å²) < 4.78 is 2.41. The lowest BCUT2D eigenvalue weighted by Gasteiger charge is -2.08. The molecule has 0 bridgehead atoms. The van der Waals surface area contributed by atoms with E-state index in [1.807, 2.05) is 0 Å². The Bertz CT molecular complexity index is 1270. The molecule has 28 heavy (non-hydrogen) atoms. The van der Waals surface area contributed by atoms with Gasteiger partial charge in [-0.25, -0.2) is 0 Å². The third-order valence-electron chi connectivity index (χ3n) is 5.24. The van der Waals surface area contributed by atoms with E-state index >= 15 is 0 Å². The number of benzene rings is 4. The minimum atomic E-state index is 0.970. The second-order valence-electron chi connectivity index (χ2n) is 6.94. The van der Waals surface area contributed by atoms with E-state index in [1.54, 1.807) is 11.8 Å². The van der Waals surface area contributed by atoms with Crippen molar-refractivity contribution in [2.24, 2.45) is 0 Å². The summed E-state index contributed by atoms with van der Waals surface area (Å²) in [6.07, 6.45) is 0. The number of fused-ring (bicyclic) bond motifs is 3. The van der Waals surface area contributed by atoms with E-state index in [-0.39, 0.29) is 0 Å². The number of hydrogen-bond donors (Lipinski definition) is 0. The van der Waals surface area contributed by atoms with E-state index in [0.717, 1.165) is 6.54 Å². The summed E-state index contributed by atoms with van der Waals surface area (Å²) in [5, 5.41) is 2.66. The molecule has 0 N–H and O–H groups in total. The largest absolute Gasteiger partial charge is 0.341 e. The van der Waals surface area contributed by atoms with Gasteiger partial charge < -0.3 is 4.57 Å². The van der Waals surface area contributed by atoms with Crippen molar-refractivity contribution < 1.29 is 0 Å². The van der Waals surface area contributed by atoms with Crippen LogP contribution in [0.1, 0.15) is 6.92 Å². The van der Waals surface area contributed by atoms with Gasteiger partial charge in [-0.1, -0.05) is 72.4 Å². The summed E-state index contributed by atoms with van der Waals surface area (Å²) in [7, 11) is 0. The minimum absolute atomic E-state index is 0.970. The molecule has 4 aromatic carbocycles. The van der Waals surface area contributed by atoms with Crippen LogP contribution >= 0.6 is 11.8 Å². The lowest BCUT2D eigenvalue weighted by atomic mass is 10.0. The first-order valence-electron chi connectivity index (χ1n) is 9.68. The van der Waals surface area contributed by atoms with Crippen molar-refractivity contribution >= 4 is 33.6 Å².